The van der Waals surface area contributed by atoms with E-state index in [0.29, 0.717) is 16.1 Å². The van der Waals surface area contributed by atoms with Gasteiger partial charge in [-0.25, -0.2) is 14.3 Å². The molecule has 2 N–H and O–H groups in total. The fraction of sp³-hybridized carbons (Fsp3) is 0.407. The highest BCUT2D eigenvalue weighted by Crippen LogP contribution is 2.31. The number of hydrogen-bond donors (Lipinski definition) is 2. The van der Waals surface area contributed by atoms with Crippen molar-refractivity contribution in [2.45, 2.75) is 57.8 Å². The third-order valence-corrected chi connectivity index (χ3v) is 7.02. The van der Waals surface area contributed by atoms with E-state index in [0.717, 1.165) is 23.2 Å². The molecular formula is C27H29F4N7O. The van der Waals surface area contributed by atoms with Crippen LogP contribution >= 0.6 is 0 Å². The van der Waals surface area contributed by atoms with Gasteiger partial charge >= 0.3 is 6.18 Å². The summed E-state index contributed by atoms with van der Waals surface area (Å²) in [5.41, 5.74) is 1.54. The number of nitrogens with zero attached hydrogens (tertiary/aromatic N) is 5. The quantitative estimate of drug-likeness (QED) is 0.336. The lowest BCUT2D eigenvalue weighted by atomic mass is 9.85. The number of pyridine rings is 1. The summed E-state index contributed by atoms with van der Waals surface area (Å²) in [5, 5.41) is 6.53. The zero-order valence-corrected chi connectivity index (χ0v) is 22.0. The smallest absolute Gasteiger partial charge is 0.324 e. The Labute approximate surface area is 222 Å². The van der Waals surface area contributed by atoms with E-state index in [1.165, 1.54) is 30.1 Å². The molecule has 4 aromatic rings. The lowest BCUT2D eigenvalue weighted by molar-refractivity contribution is -0.144. The van der Waals surface area contributed by atoms with Crippen LogP contribution in [0, 0.1) is 0 Å². The van der Waals surface area contributed by atoms with E-state index in [9.17, 15) is 22.4 Å². The molecule has 0 radical (unpaired) electrons. The van der Waals surface area contributed by atoms with Crippen molar-refractivity contribution in [3.8, 4) is 5.69 Å². The number of alkyl halides is 4. The molecule has 1 aliphatic rings. The molecule has 0 bridgehead atoms. The van der Waals surface area contributed by atoms with Crippen LogP contribution in [0.15, 0.2) is 47.5 Å². The lowest BCUT2D eigenvalue weighted by Crippen LogP contribution is -2.42. The van der Waals surface area contributed by atoms with Crippen LogP contribution in [-0.4, -0.2) is 43.7 Å². The Kier molecular flexibility index (Phi) is 6.48. The third-order valence-electron chi connectivity index (χ3n) is 7.02. The molecule has 0 saturated heterocycles. The SMILES string of the molecule is CC(C)(CF)c1cc(-n2c3nc(Nc4ccc5c(c4)CCNC5(C)C)ncc3c(=O)n2CC(F)(F)F)ccn1. The highest BCUT2D eigenvalue weighted by Gasteiger charge is 2.33. The molecule has 0 atom stereocenters. The zero-order chi connectivity index (χ0) is 28.2. The van der Waals surface area contributed by atoms with E-state index in [2.05, 4.69) is 39.4 Å². The Morgan fingerprint density at radius 2 is 1.90 bits per heavy atom. The maximum Gasteiger partial charge on any atom is 0.408 e. The summed E-state index contributed by atoms with van der Waals surface area (Å²) in [6, 6.07) is 8.83. The second kappa shape index (κ2) is 9.44. The Balaban J connectivity index is 1.63. The van der Waals surface area contributed by atoms with Gasteiger partial charge in [-0.05, 0) is 62.2 Å². The van der Waals surface area contributed by atoms with Gasteiger partial charge in [-0.2, -0.15) is 18.2 Å². The molecular weight excluding hydrogens is 514 g/mol. The number of anilines is 2. The van der Waals surface area contributed by atoms with Crippen LogP contribution in [0.5, 0.6) is 0 Å². The summed E-state index contributed by atoms with van der Waals surface area (Å²) in [5.74, 6) is 0.118. The van der Waals surface area contributed by atoms with E-state index in [1.54, 1.807) is 13.8 Å². The fourth-order valence-electron chi connectivity index (χ4n) is 4.88. The van der Waals surface area contributed by atoms with E-state index in [1.807, 2.05) is 18.2 Å². The molecule has 4 heterocycles. The normalized spacial score (nSPS) is 15.4. The van der Waals surface area contributed by atoms with Gasteiger partial charge in [0.25, 0.3) is 5.56 Å². The molecule has 1 aromatic carbocycles. The van der Waals surface area contributed by atoms with E-state index in [-0.39, 0.29) is 28.2 Å². The molecule has 1 aliphatic heterocycles. The number of aromatic nitrogens is 5. The highest BCUT2D eigenvalue weighted by molar-refractivity contribution is 5.77. The van der Waals surface area contributed by atoms with Crippen LogP contribution in [-0.2, 0) is 23.9 Å². The zero-order valence-electron chi connectivity index (χ0n) is 22.0. The Morgan fingerprint density at radius 3 is 2.62 bits per heavy atom. The average Bonchev–Trinajstić information content (AvgIpc) is 3.13. The topological polar surface area (TPSA) is 89.7 Å². The van der Waals surface area contributed by atoms with Crippen LogP contribution in [0.4, 0.5) is 29.2 Å². The van der Waals surface area contributed by atoms with Crippen molar-refractivity contribution >= 4 is 22.7 Å². The van der Waals surface area contributed by atoms with Gasteiger partial charge in [-0.1, -0.05) is 19.9 Å². The number of rotatable bonds is 6. The number of nitrogens with one attached hydrogen (secondary N) is 2. The average molecular weight is 544 g/mol. The number of fused-ring (bicyclic) bond motifs is 2. The number of benzene rings is 1. The minimum atomic E-state index is -4.68. The molecule has 206 valence electrons. The molecule has 5 rings (SSSR count). The maximum absolute atomic E-state index is 13.7. The van der Waals surface area contributed by atoms with Gasteiger partial charge in [0.2, 0.25) is 5.95 Å². The Hall–Kier alpha value is -3.80. The van der Waals surface area contributed by atoms with E-state index in [4.69, 9.17) is 0 Å². The van der Waals surface area contributed by atoms with Gasteiger partial charge in [-0.3, -0.25) is 14.2 Å². The number of hydrogen-bond acceptors (Lipinski definition) is 6. The second-order valence-corrected chi connectivity index (χ2v) is 10.9. The van der Waals surface area contributed by atoms with Crippen molar-refractivity contribution in [1.29, 1.82) is 0 Å². The molecule has 39 heavy (non-hydrogen) atoms. The van der Waals surface area contributed by atoms with Crippen molar-refractivity contribution in [3.63, 3.8) is 0 Å². The predicted octanol–water partition coefficient (Wildman–Crippen LogP) is 4.91. The first kappa shape index (κ1) is 26.8. The Bertz CT molecular complexity index is 1600. The van der Waals surface area contributed by atoms with Gasteiger partial charge < -0.3 is 10.6 Å². The largest absolute Gasteiger partial charge is 0.408 e. The minimum Gasteiger partial charge on any atom is -0.324 e. The van der Waals surface area contributed by atoms with Gasteiger partial charge in [0.15, 0.2) is 5.65 Å². The van der Waals surface area contributed by atoms with Crippen molar-refractivity contribution in [1.82, 2.24) is 29.6 Å². The summed E-state index contributed by atoms with van der Waals surface area (Å²) in [4.78, 5) is 26.0. The van der Waals surface area contributed by atoms with Crippen LogP contribution < -0.4 is 16.2 Å². The van der Waals surface area contributed by atoms with Gasteiger partial charge in [0, 0.05) is 29.0 Å². The van der Waals surface area contributed by atoms with Crippen molar-refractivity contribution in [3.05, 3.63) is 69.9 Å². The van der Waals surface area contributed by atoms with Crippen LogP contribution in [0.3, 0.4) is 0 Å². The first-order valence-corrected chi connectivity index (χ1v) is 12.5. The molecule has 3 aromatic heterocycles. The van der Waals surface area contributed by atoms with Crippen LogP contribution in [0.1, 0.15) is 44.5 Å². The van der Waals surface area contributed by atoms with Gasteiger partial charge in [-0.15, -0.1) is 0 Å². The summed E-state index contributed by atoms with van der Waals surface area (Å²) in [6.07, 6.45) is -1.24. The molecule has 0 unspecified atom stereocenters. The standard InChI is InChI=1S/C27H29F4N7O/c1-25(2,14-28)21-12-18(8-9-32-21)38-22-19(23(39)37(38)15-27(29,30)31)13-33-24(36-22)35-17-5-6-20-16(11-17)7-10-34-26(20,3)4/h5-6,8-9,11-13,34H,7,10,14-15H2,1-4H3,(H,33,35,36). The molecule has 12 heteroatoms. The molecule has 0 fully saturated rings. The maximum atomic E-state index is 13.7. The van der Waals surface area contributed by atoms with Crippen LogP contribution in [0.25, 0.3) is 16.7 Å². The summed E-state index contributed by atoms with van der Waals surface area (Å²) < 4.78 is 56.0. The third kappa shape index (κ3) is 5.12. The fourth-order valence-corrected chi connectivity index (χ4v) is 4.88. The molecule has 0 saturated carbocycles. The summed E-state index contributed by atoms with van der Waals surface area (Å²) >= 11 is 0. The first-order chi connectivity index (χ1) is 18.3. The molecule has 0 aliphatic carbocycles. The monoisotopic (exact) mass is 543 g/mol. The predicted molar refractivity (Wildman–Crippen MR) is 140 cm³/mol. The lowest BCUT2D eigenvalue weighted by Gasteiger charge is -2.34. The second-order valence-electron chi connectivity index (χ2n) is 10.9. The Morgan fingerprint density at radius 1 is 1.13 bits per heavy atom. The van der Waals surface area contributed by atoms with E-state index < -0.39 is 30.4 Å². The van der Waals surface area contributed by atoms with E-state index >= 15 is 0 Å². The minimum absolute atomic E-state index is 0.0137. The molecule has 0 amide bonds. The first-order valence-electron chi connectivity index (χ1n) is 12.5. The van der Waals surface area contributed by atoms with Gasteiger partial charge in [0.1, 0.15) is 18.6 Å². The van der Waals surface area contributed by atoms with Crippen molar-refractivity contribution in [2.24, 2.45) is 0 Å². The summed E-state index contributed by atoms with van der Waals surface area (Å²) in [6.45, 7) is 6.06. The van der Waals surface area contributed by atoms with Crippen molar-refractivity contribution < 1.29 is 17.6 Å². The number of halogens is 4. The molecule has 8 nitrogen and oxygen atoms in total. The highest BCUT2D eigenvalue weighted by atomic mass is 19.4. The van der Waals surface area contributed by atoms with Gasteiger partial charge in [0.05, 0.1) is 11.4 Å². The van der Waals surface area contributed by atoms with Crippen LogP contribution in [0.2, 0.25) is 0 Å². The van der Waals surface area contributed by atoms with Crippen molar-refractivity contribution in [2.75, 3.05) is 18.5 Å². The molecule has 0 spiro atoms. The summed E-state index contributed by atoms with van der Waals surface area (Å²) in [7, 11) is 0.